The SMILES string of the molecule is Cc1c(CC(C)(C)CO)cc(C(C)(C)C)c(O)c1C. The maximum absolute atomic E-state index is 10.3. The van der Waals surface area contributed by atoms with E-state index in [1.54, 1.807) is 0 Å². The third-order valence-corrected chi connectivity index (χ3v) is 3.88. The number of aliphatic hydroxyl groups is 1. The van der Waals surface area contributed by atoms with Crippen LogP contribution in [0.15, 0.2) is 6.07 Å². The molecule has 0 unspecified atom stereocenters. The van der Waals surface area contributed by atoms with Crippen molar-refractivity contribution in [3.05, 3.63) is 28.3 Å². The summed E-state index contributed by atoms with van der Waals surface area (Å²) in [6.07, 6.45) is 0.819. The summed E-state index contributed by atoms with van der Waals surface area (Å²) in [5.41, 5.74) is 4.08. The van der Waals surface area contributed by atoms with E-state index in [9.17, 15) is 10.2 Å². The Bertz CT molecular complexity index is 465. The van der Waals surface area contributed by atoms with Crippen molar-refractivity contribution in [3.63, 3.8) is 0 Å². The lowest BCUT2D eigenvalue weighted by molar-refractivity contribution is 0.159. The molecule has 0 spiro atoms. The van der Waals surface area contributed by atoms with Crippen LogP contribution in [0.3, 0.4) is 0 Å². The first-order valence-electron chi connectivity index (χ1n) is 6.93. The topological polar surface area (TPSA) is 40.5 Å². The molecule has 0 aliphatic heterocycles. The predicted octanol–water partition coefficient (Wildman–Crippen LogP) is 3.87. The van der Waals surface area contributed by atoms with E-state index in [4.69, 9.17) is 0 Å². The van der Waals surface area contributed by atoms with E-state index in [0.717, 1.165) is 23.1 Å². The summed E-state index contributed by atoms with van der Waals surface area (Å²) in [6.45, 7) is 14.6. The van der Waals surface area contributed by atoms with Crippen molar-refractivity contribution in [2.24, 2.45) is 5.41 Å². The molecular formula is C17H28O2. The monoisotopic (exact) mass is 264 g/mol. The van der Waals surface area contributed by atoms with Gasteiger partial charge in [0.05, 0.1) is 0 Å². The van der Waals surface area contributed by atoms with E-state index in [1.165, 1.54) is 5.56 Å². The molecular weight excluding hydrogens is 236 g/mol. The van der Waals surface area contributed by atoms with E-state index in [-0.39, 0.29) is 17.4 Å². The van der Waals surface area contributed by atoms with Gasteiger partial charge in [-0.3, -0.25) is 0 Å². The van der Waals surface area contributed by atoms with Gasteiger partial charge >= 0.3 is 0 Å². The minimum absolute atomic E-state index is 0.0827. The van der Waals surface area contributed by atoms with Crippen LogP contribution in [0.5, 0.6) is 5.75 Å². The number of phenolic OH excluding ortho intramolecular Hbond substituents is 1. The smallest absolute Gasteiger partial charge is 0.122 e. The molecule has 0 aliphatic rings. The lowest BCUT2D eigenvalue weighted by Gasteiger charge is -2.27. The second kappa shape index (κ2) is 5.16. The molecule has 0 heterocycles. The minimum atomic E-state index is -0.136. The summed E-state index contributed by atoms with van der Waals surface area (Å²) in [5.74, 6) is 0.413. The van der Waals surface area contributed by atoms with E-state index >= 15 is 0 Å². The van der Waals surface area contributed by atoms with E-state index < -0.39 is 0 Å². The standard InChI is InChI=1S/C17H28O2/c1-11-12(2)15(19)14(16(3,4)5)8-13(11)9-17(6,7)10-18/h8,18-19H,9-10H2,1-7H3. The molecule has 0 saturated carbocycles. The Morgan fingerprint density at radius 3 is 1.95 bits per heavy atom. The number of aliphatic hydroxyl groups excluding tert-OH is 1. The molecule has 0 amide bonds. The molecule has 1 aromatic carbocycles. The molecule has 108 valence electrons. The number of rotatable bonds is 3. The lowest BCUT2D eigenvalue weighted by atomic mass is 9.79. The van der Waals surface area contributed by atoms with Gasteiger partial charge in [-0.25, -0.2) is 0 Å². The Morgan fingerprint density at radius 1 is 1.00 bits per heavy atom. The van der Waals surface area contributed by atoms with Gasteiger partial charge in [0, 0.05) is 6.61 Å². The molecule has 0 atom stereocenters. The summed E-state index contributed by atoms with van der Waals surface area (Å²) < 4.78 is 0. The molecule has 1 rings (SSSR count). The van der Waals surface area contributed by atoms with Crippen LogP contribution >= 0.6 is 0 Å². The quantitative estimate of drug-likeness (QED) is 0.870. The van der Waals surface area contributed by atoms with Crippen molar-refractivity contribution in [1.29, 1.82) is 0 Å². The third kappa shape index (κ3) is 3.50. The first kappa shape index (κ1) is 16.0. The molecule has 1 aromatic rings. The number of benzene rings is 1. The molecule has 0 radical (unpaired) electrons. The molecule has 0 aliphatic carbocycles. The Kier molecular flexibility index (Phi) is 4.36. The van der Waals surface area contributed by atoms with Gasteiger partial charge in [-0.15, -0.1) is 0 Å². The molecule has 2 heteroatoms. The predicted molar refractivity (Wildman–Crippen MR) is 80.9 cm³/mol. The van der Waals surface area contributed by atoms with Crippen LogP contribution in [0.1, 0.15) is 56.9 Å². The van der Waals surface area contributed by atoms with Crippen LogP contribution in [-0.4, -0.2) is 16.8 Å². The van der Waals surface area contributed by atoms with E-state index in [1.807, 2.05) is 13.8 Å². The zero-order valence-electron chi connectivity index (χ0n) is 13.4. The summed E-state index contributed by atoms with van der Waals surface area (Å²) in [7, 11) is 0. The van der Waals surface area contributed by atoms with Crippen LogP contribution < -0.4 is 0 Å². The lowest BCUT2D eigenvalue weighted by Crippen LogP contribution is -2.21. The highest BCUT2D eigenvalue weighted by molar-refractivity contribution is 5.51. The molecule has 19 heavy (non-hydrogen) atoms. The number of phenols is 1. The van der Waals surface area contributed by atoms with Crippen molar-refractivity contribution in [1.82, 2.24) is 0 Å². The largest absolute Gasteiger partial charge is 0.507 e. The Morgan fingerprint density at radius 2 is 1.53 bits per heavy atom. The van der Waals surface area contributed by atoms with Gasteiger partial charge in [-0.2, -0.15) is 0 Å². The highest BCUT2D eigenvalue weighted by Gasteiger charge is 2.25. The highest BCUT2D eigenvalue weighted by atomic mass is 16.3. The first-order valence-corrected chi connectivity index (χ1v) is 6.93. The molecule has 0 bridgehead atoms. The van der Waals surface area contributed by atoms with Crippen molar-refractivity contribution >= 4 is 0 Å². The maximum atomic E-state index is 10.3. The van der Waals surface area contributed by atoms with Gasteiger partial charge in [0.1, 0.15) is 5.75 Å². The summed E-state index contributed by atoms with van der Waals surface area (Å²) in [6, 6.07) is 2.11. The molecule has 0 fully saturated rings. The van der Waals surface area contributed by atoms with E-state index in [2.05, 4.69) is 40.7 Å². The first-order chi connectivity index (χ1) is 8.49. The third-order valence-electron chi connectivity index (χ3n) is 3.88. The average Bonchev–Trinajstić information content (AvgIpc) is 2.28. The molecule has 2 nitrogen and oxygen atoms in total. The number of hydrogen-bond acceptors (Lipinski definition) is 2. The number of hydrogen-bond donors (Lipinski definition) is 2. The summed E-state index contributed by atoms with van der Waals surface area (Å²) in [5, 5.41) is 19.8. The van der Waals surface area contributed by atoms with Gasteiger partial charge in [-0.1, -0.05) is 40.7 Å². The minimum Gasteiger partial charge on any atom is -0.507 e. The van der Waals surface area contributed by atoms with E-state index in [0.29, 0.717) is 5.75 Å². The van der Waals surface area contributed by atoms with Crippen molar-refractivity contribution in [2.75, 3.05) is 6.61 Å². The van der Waals surface area contributed by atoms with Gasteiger partial charge in [0.15, 0.2) is 0 Å². The fourth-order valence-corrected chi connectivity index (χ4v) is 2.30. The number of aromatic hydroxyl groups is 1. The summed E-state index contributed by atoms with van der Waals surface area (Å²) in [4.78, 5) is 0. The Balaban J connectivity index is 3.38. The zero-order valence-corrected chi connectivity index (χ0v) is 13.4. The normalized spacial score (nSPS) is 12.8. The summed E-state index contributed by atoms with van der Waals surface area (Å²) >= 11 is 0. The fraction of sp³-hybridized carbons (Fsp3) is 0.647. The van der Waals surface area contributed by atoms with Gasteiger partial charge in [0.25, 0.3) is 0 Å². The Hall–Kier alpha value is -1.02. The zero-order chi connectivity index (χ0) is 15.0. The van der Waals surface area contributed by atoms with Crippen molar-refractivity contribution < 1.29 is 10.2 Å². The second-order valence-electron chi connectivity index (χ2n) is 7.43. The average molecular weight is 264 g/mol. The van der Waals surface area contributed by atoms with Gasteiger partial charge < -0.3 is 10.2 Å². The van der Waals surface area contributed by atoms with Gasteiger partial charge in [-0.05, 0) is 53.4 Å². The molecule has 0 saturated heterocycles. The molecule has 2 N–H and O–H groups in total. The van der Waals surface area contributed by atoms with Gasteiger partial charge in [0.2, 0.25) is 0 Å². The van der Waals surface area contributed by atoms with Crippen LogP contribution in [0, 0.1) is 19.3 Å². The van der Waals surface area contributed by atoms with Crippen LogP contribution in [0.4, 0.5) is 0 Å². The maximum Gasteiger partial charge on any atom is 0.122 e. The van der Waals surface area contributed by atoms with Crippen molar-refractivity contribution in [3.8, 4) is 5.75 Å². The van der Waals surface area contributed by atoms with Crippen molar-refractivity contribution in [2.45, 2.75) is 60.3 Å². The second-order valence-corrected chi connectivity index (χ2v) is 7.43. The fourth-order valence-electron chi connectivity index (χ4n) is 2.30. The van der Waals surface area contributed by atoms with Crippen LogP contribution in [-0.2, 0) is 11.8 Å². The Labute approximate surface area is 117 Å². The highest BCUT2D eigenvalue weighted by Crippen LogP contribution is 2.37. The molecule has 0 aromatic heterocycles. The van der Waals surface area contributed by atoms with Crippen LogP contribution in [0.25, 0.3) is 0 Å². The van der Waals surface area contributed by atoms with Crippen LogP contribution in [0.2, 0.25) is 0 Å².